The number of benzene rings is 1. The molecule has 22 heavy (non-hydrogen) atoms. The first kappa shape index (κ1) is 15.7. The molecule has 116 valence electrons. The highest BCUT2D eigenvalue weighted by molar-refractivity contribution is 9.10. The molecule has 2 heterocycles. The molecular formula is C18H22BrN3. The lowest BCUT2D eigenvalue weighted by atomic mass is 10.1. The third kappa shape index (κ3) is 4.15. The summed E-state index contributed by atoms with van der Waals surface area (Å²) in [4.78, 5) is 9.15. The van der Waals surface area contributed by atoms with Gasteiger partial charge < -0.3 is 0 Å². The highest BCUT2D eigenvalue weighted by Crippen LogP contribution is 2.19. The Morgan fingerprint density at radius 2 is 1.50 bits per heavy atom. The summed E-state index contributed by atoms with van der Waals surface area (Å²) in [7, 11) is 0. The van der Waals surface area contributed by atoms with Gasteiger partial charge in [0.05, 0.1) is 0 Å². The van der Waals surface area contributed by atoms with Crippen molar-refractivity contribution in [1.82, 2.24) is 14.8 Å². The van der Waals surface area contributed by atoms with E-state index in [2.05, 4.69) is 68.0 Å². The average Bonchev–Trinajstić information content (AvgIpc) is 2.54. The van der Waals surface area contributed by atoms with Crippen LogP contribution in [0.3, 0.4) is 0 Å². The number of piperazine rings is 1. The smallest absolute Gasteiger partial charge is 0.0271 e. The van der Waals surface area contributed by atoms with Gasteiger partial charge in [-0.05, 0) is 41.8 Å². The van der Waals surface area contributed by atoms with Crippen LogP contribution in [0.4, 0.5) is 0 Å². The van der Waals surface area contributed by atoms with Gasteiger partial charge >= 0.3 is 0 Å². The summed E-state index contributed by atoms with van der Waals surface area (Å²) in [6.45, 7) is 8.75. The number of hydrogen-bond acceptors (Lipinski definition) is 3. The lowest BCUT2D eigenvalue weighted by Crippen LogP contribution is -2.45. The van der Waals surface area contributed by atoms with Crippen molar-refractivity contribution < 1.29 is 0 Å². The van der Waals surface area contributed by atoms with E-state index in [1.165, 1.54) is 21.2 Å². The Balaban J connectivity index is 1.50. The van der Waals surface area contributed by atoms with Crippen molar-refractivity contribution >= 4 is 15.9 Å². The molecule has 1 aromatic heterocycles. The molecule has 0 N–H and O–H groups in total. The van der Waals surface area contributed by atoms with Crippen LogP contribution in [0.1, 0.15) is 16.7 Å². The second-order valence-electron chi connectivity index (χ2n) is 5.99. The molecule has 3 rings (SSSR count). The van der Waals surface area contributed by atoms with E-state index in [-0.39, 0.29) is 0 Å². The van der Waals surface area contributed by atoms with Gasteiger partial charge in [-0.15, -0.1) is 0 Å². The van der Waals surface area contributed by atoms with Gasteiger partial charge in [0.15, 0.2) is 0 Å². The zero-order valence-corrected chi connectivity index (χ0v) is 14.6. The largest absolute Gasteiger partial charge is 0.297 e. The van der Waals surface area contributed by atoms with Gasteiger partial charge in [-0.1, -0.05) is 28.1 Å². The molecule has 1 fully saturated rings. The van der Waals surface area contributed by atoms with E-state index in [0.29, 0.717) is 0 Å². The van der Waals surface area contributed by atoms with Crippen LogP contribution < -0.4 is 0 Å². The van der Waals surface area contributed by atoms with Gasteiger partial charge in [-0.2, -0.15) is 0 Å². The maximum Gasteiger partial charge on any atom is 0.0271 e. The normalized spacial score (nSPS) is 16.8. The molecule has 3 nitrogen and oxygen atoms in total. The molecule has 1 aliphatic rings. The minimum atomic E-state index is 1.03. The SMILES string of the molecule is Cc1ccc(CN2CCN(Cc3ccncc3)CC2)cc1Br. The Morgan fingerprint density at radius 1 is 0.909 bits per heavy atom. The number of hydrogen-bond donors (Lipinski definition) is 0. The van der Waals surface area contributed by atoms with E-state index in [9.17, 15) is 0 Å². The number of aryl methyl sites for hydroxylation is 1. The molecule has 1 aromatic carbocycles. The minimum absolute atomic E-state index is 1.03. The van der Waals surface area contributed by atoms with Gasteiger partial charge in [0, 0.05) is 56.1 Å². The van der Waals surface area contributed by atoms with E-state index >= 15 is 0 Å². The number of nitrogens with zero attached hydrogens (tertiary/aromatic N) is 3. The lowest BCUT2D eigenvalue weighted by Gasteiger charge is -2.34. The quantitative estimate of drug-likeness (QED) is 0.832. The monoisotopic (exact) mass is 359 g/mol. The molecular weight excluding hydrogens is 338 g/mol. The molecule has 0 radical (unpaired) electrons. The minimum Gasteiger partial charge on any atom is -0.297 e. The molecule has 0 unspecified atom stereocenters. The van der Waals surface area contributed by atoms with Crippen LogP contribution in [0.25, 0.3) is 0 Å². The van der Waals surface area contributed by atoms with Crippen molar-refractivity contribution in [2.45, 2.75) is 20.0 Å². The Hall–Kier alpha value is -1.23. The standard InChI is InChI=1S/C18H22BrN3/c1-15-2-3-17(12-18(15)19)14-22-10-8-21(9-11-22)13-16-4-6-20-7-5-16/h2-7,12H,8-11,13-14H2,1H3. The van der Waals surface area contributed by atoms with Crippen LogP contribution in [0.5, 0.6) is 0 Å². The van der Waals surface area contributed by atoms with Gasteiger partial charge in [-0.25, -0.2) is 0 Å². The average molecular weight is 360 g/mol. The van der Waals surface area contributed by atoms with E-state index in [1.54, 1.807) is 0 Å². The molecule has 0 atom stereocenters. The predicted octanol–water partition coefficient (Wildman–Crippen LogP) is 3.47. The van der Waals surface area contributed by atoms with Gasteiger partial charge in [-0.3, -0.25) is 14.8 Å². The van der Waals surface area contributed by atoms with Crippen molar-refractivity contribution in [3.05, 3.63) is 63.9 Å². The second kappa shape index (κ2) is 7.36. The summed E-state index contributed by atoms with van der Waals surface area (Å²) in [6, 6.07) is 10.9. The fourth-order valence-electron chi connectivity index (χ4n) is 2.84. The van der Waals surface area contributed by atoms with E-state index in [4.69, 9.17) is 0 Å². The number of aromatic nitrogens is 1. The predicted molar refractivity (Wildman–Crippen MR) is 93.7 cm³/mol. The van der Waals surface area contributed by atoms with Crippen molar-refractivity contribution in [3.63, 3.8) is 0 Å². The van der Waals surface area contributed by atoms with Crippen LogP contribution in [0.2, 0.25) is 0 Å². The molecule has 2 aromatic rings. The molecule has 0 amide bonds. The third-order valence-corrected chi connectivity index (χ3v) is 5.12. The van der Waals surface area contributed by atoms with E-state index < -0.39 is 0 Å². The number of rotatable bonds is 4. The number of halogens is 1. The molecule has 0 spiro atoms. The zero-order chi connectivity index (χ0) is 15.4. The topological polar surface area (TPSA) is 19.4 Å². The molecule has 4 heteroatoms. The highest BCUT2D eigenvalue weighted by atomic mass is 79.9. The Kier molecular flexibility index (Phi) is 5.24. The maximum atomic E-state index is 4.08. The molecule has 0 aliphatic carbocycles. The first-order valence-electron chi connectivity index (χ1n) is 7.79. The van der Waals surface area contributed by atoms with Crippen molar-refractivity contribution in [2.24, 2.45) is 0 Å². The Labute approximate surface area is 141 Å². The van der Waals surface area contributed by atoms with Crippen molar-refractivity contribution in [2.75, 3.05) is 26.2 Å². The highest BCUT2D eigenvalue weighted by Gasteiger charge is 2.17. The van der Waals surface area contributed by atoms with Crippen LogP contribution in [-0.2, 0) is 13.1 Å². The summed E-state index contributed by atoms with van der Waals surface area (Å²) in [5.41, 5.74) is 4.04. The van der Waals surface area contributed by atoms with Crippen LogP contribution in [0, 0.1) is 6.92 Å². The van der Waals surface area contributed by atoms with Crippen LogP contribution in [0.15, 0.2) is 47.2 Å². The first-order chi connectivity index (χ1) is 10.7. The lowest BCUT2D eigenvalue weighted by molar-refractivity contribution is 0.122. The summed E-state index contributed by atoms with van der Waals surface area (Å²) in [6.07, 6.45) is 3.75. The zero-order valence-electron chi connectivity index (χ0n) is 13.0. The summed E-state index contributed by atoms with van der Waals surface area (Å²) >= 11 is 3.63. The summed E-state index contributed by atoms with van der Waals surface area (Å²) in [5, 5.41) is 0. The van der Waals surface area contributed by atoms with Gasteiger partial charge in [0.25, 0.3) is 0 Å². The van der Waals surface area contributed by atoms with E-state index in [1.807, 2.05) is 12.4 Å². The van der Waals surface area contributed by atoms with Crippen LogP contribution >= 0.6 is 15.9 Å². The second-order valence-corrected chi connectivity index (χ2v) is 6.85. The van der Waals surface area contributed by atoms with Crippen molar-refractivity contribution in [3.8, 4) is 0 Å². The molecule has 1 saturated heterocycles. The Bertz CT molecular complexity index is 607. The fourth-order valence-corrected chi connectivity index (χ4v) is 3.27. The Morgan fingerprint density at radius 3 is 2.09 bits per heavy atom. The molecule has 0 saturated carbocycles. The molecule has 0 bridgehead atoms. The first-order valence-corrected chi connectivity index (χ1v) is 8.58. The summed E-state index contributed by atoms with van der Waals surface area (Å²) < 4.78 is 1.21. The van der Waals surface area contributed by atoms with Crippen LogP contribution in [-0.4, -0.2) is 41.0 Å². The summed E-state index contributed by atoms with van der Waals surface area (Å²) in [5.74, 6) is 0. The van der Waals surface area contributed by atoms with E-state index in [0.717, 1.165) is 39.3 Å². The number of pyridine rings is 1. The van der Waals surface area contributed by atoms with Gasteiger partial charge in [0.1, 0.15) is 0 Å². The third-order valence-electron chi connectivity index (χ3n) is 4.26. The maximum absolute atomic E-state index is 4.08. The van der Waals surface area contributed by atoms with Gasteiger partial charge in [0.2, 0.25) is 0 Å². The molecule has 1 aliphatic heterocycles. The van der Waals surface area contributed by atoms with Crippen molar-refractivity contribution in [1.29, 1.82) is 0 Å². The fraction of sp³-hybridized carbons (Fsp3) is 0.389.